The zero-order valence-electron chi connectivity index (χ0n) is 8.82. The van der Waals surface area contributed by atoms with Crippen LogP contribution >= 0.6 is 0 Å². The molecule has 0 aromatic rings. The molecular formula is C11H15NO3. The summed E-state index contributed by atoms with van der Waals surface area (Å²) < 4.78 is 0. The van der Waals surface area contributed by atoms with E-state index in [9.17, 15) is 14.7 Å². The molecule has 1 aliphatic heterocycles. The molecule has 15 heavy (non-hydrogen) atoms. The second-order valence-corrected chi connectivity index (χ2v) is 3.96. The minimum Gasteiger partial charge on any atom is -0.481 e. The molecule has 0 aromatic heterocycles. The van der Waals surface area contributed by atoms with Crippen LogP contribution in [0, 0.1) is 17.8 Å². The Balaban J connectivity index is 2.77. The molecule has 1 unspecified atom stereocenters. The zero-order chi connectivity index (χ0) is 11.5. The van der Waals surface area contributed by atoms with Crippen LogP contribution in [0.4, 0.5) is 0 Å². The summed E-state index contributed by atoms with van der Waals surface area (Å²) in [7, 11) is 0. The van der Waals surface area contributed by atoms with Gasteiger partial charge in [0.05, 0.1) is 5.41 Å². The van der Waals surface area contributed by atoms with Crippen LogP contribution in [-0.4, -0.2) is 35.0 Å². The van der Waals surface area contributed by atoms with E-state index in [4.69, 9.17) is 6.42 Å². The van der Waals surface area contributed by atoms with Gasteiger partial charge in [-0.05, 0) is 18.8 Å². The molecule has 1 rings (SSSR count). The van der Waals surface area contributed by atoms with E-state index in [0.717, 1.165) is 6.42 Å². The van der Waals surface area contributed by atoms with Crippen LogP contribution in [-0.2, 0) is 9.59 Å². The van der Waals surface area contributed by atoms with E-state index in [0.29, 0.717) is 19.4 Å². The van der Waals surface area contributed by atoms with Gasteiger partial charge in [-0.1, -0.05) is 13.3 Å². The number of likely N-dealkylation sites (tertiary alicyclic amines) is 1. The van der Waals surface area contributed by atoms with Crippen molar-refractivity contribution in [3.63, 3.8) is 0 Å². The minimum absolute atomic E-state index is 0.249. The molecule has 0 radical (unpaired) electrons. The topological polar surface area (TPSA) is 57.6 Å². The van der Waals surface area contributed by atoms with Gasteiger partial charge in [-0.15, -0.1) is 6.42 Å². The maximum absolute atomic E-state index is 11.2. The molecule has 1 N–H and O–H groups in total. The summed E-state index contributed by atoms with van der Waals surface area (Å²) in [6, 6.07) is 0. The monoisotopic (exact) mass is 209 g/mol. The van der Waals surface area contributed by atoms with Gasteiger partial charge >= 0.3 is 5.97 Å². The molecule has 4 nitrogen and oxygen atoms in total. The van der Waals surface area contributed by atoms with E-state index in [1.807, 2.05) is 12.8 Å². The predicted octanol–water partition coefficient (Wildman–Crippen LogP) is 0.723. The Labute approximate surface area is 89.3 Å². The lowest BCUT2D eigenvalue weighted by molar-refractivity contribution is -0.148. The maximum atomic E-state index is 11.2. The second kappa shape index (κ2) is 4.35. The number of carboxylic acids is 1. The summed E-state index contributed by atoms with van der Waals surface area (Å²) in [5.41, 5.74) is -0.777. The van der Waals surface area contributed by atoms with Crippen LogP contribution in [0.15, 0.2) is 0 Å². The Kier molecular flexibility index (Phi) is 3.35. The van der Waals surface area contributed by atoms with E-state index in [-0.39, 0.29) is 6.54 Å². The summed E-state index contributed by atoms with van der Waals surface area (Å²) in [6.07, 6.45) is 6.90. The van der Waals surface area contributed by atoms with Gasteiger partial charge in [0.2, 0.25) is 0 Å². The number of rotatable bonds is 3. The van der Waals surface area contributed by atoms with Crippen molar-refractivity contribution in [3.05, 3.63) is 0 Å². The van der Waals surface area contributed by atoms with Crippen LogP contribution in [0.5, 0.6) is 0 Å². The molecule has 1 atom stereocenters. The van der Waals surface area contributed by atoms with Gasteiger partial charge in [-0.2, -0.15) is 0 Å². The number of carbonyl (C=O) groups is 2. The number of terminal acetylenes is 1. The van der Waals surface area contributed by atoms with E-state index in [2.05, 4.69) is 0 Å². The number of hydrogen-bond donors (Lipinski definition) is 1. The van der Waals surface area contributed by atoms with Crippen molar-refractivity contribution in [1.29, 1.82) is 0 Å². The van der Waals surface area contributed by atoms with Gasteiger partial charge in [-0.25, -0.2) is 0 Å². The highest BCUT2D eigenvalue weighted by Crippen LogP contribution is 2.35. The lowest BCUT2D eigenvalue weighted by Crippen LogP contribution is -2.36. The Morgan fingerprint density at radius 1 is 1.60 bits per heavy atom. The van der Waals surface area contributed by atoms with Gasteiger partial charge in [-0.3, -0.25) is 9.59 Å². The van der Waals surface area contributed by atoms with Crippen LogP contribution < -0.4 is 0 Å². The fourth-order valence-corrected chi connectivity index (χ4v) is 2.10. The molecule has 0 bridgehead atoms. The molecule has 82 valence electrons. The molecule has 1 aliphatic rings. The van der Waals surface area contributed by atoms with Gasteiger partial charge in [0.15, 0.2) is 0 Å². The third-order valence-corrected chi connectivity index (χ3v) is 2.95. The zero-order valence-corrected chi connectivity index (χ0v) is 8.82. The summed E-state index contributed by atoms with van der Waals surface area (Å²) >= 11 is 0. The van der Waals surface area contributed by atoms with Crippen molar-refractivity contribution in [3.8, 4) is 12.3 Å². The van der Waals surface area contributed by atoms with E-state index in [1.54, 1.807) is 0 Å². The highest BCUT2D eigenvalue weighted by molar-refractivity contribution is 5.93. The molecule has 1 amide bonds. The summed E-state index contributed by atoms with van der Waals surface area (Å²) in [4.78, 5) is 23.9. The normalized spacial score (nSPS) is 24.9. The van der Waals surface area contributed by atoms with Crippen LogP contribution in [0.1, 0.15) is 26.2 Å². The largest absolute Gasteiger partial charge is 0.481 e. The van der Waals surface area contributed by atoms with Crippen molar-refractivity contribution in [1.82, 2.24) is 4.90 Å². The van der Waals surface area contributed by atoms with Gasteiger partial charge in [0.1, 0.15) is 0 Å². The smallest absolute Gasteiger partial charge is 0.311 e. The highest BCUT2D eigenvalue weighted by Gasteiger charge is 2.45. The van der Waals surface area contributed by atoms with E-state index >= 15 is 0 Å². The van der Waals surface area contributed by atoms with Gasteiger partial charge in [0, 0.05) is 13.1 Å². The SMILES string of the molecule is C#CC(=O)N1CCC(CCC)(C(=O)O)C1. The Hall–Kier alpha value is -1.50. The minimum atomic E-state index is -0.823. The van der Waals surface area contributed by atoms with Crippen molar-refractivity contribution < 1.29 is 14.7 Å². The van der Waals surface area contributed by atoms with Crippen molar-refractivity contribution in [2.24, 2.45) is 5.41 Å². The molecule has 1 heterocycles. The maximum Gasteiger partial charge on any atom is 0.311 e. The number of hydrogen-bond acceptors (Lipinski definition) is 2. The van der Waals surface area contributed by atoms with Gasteiger partial charge < -0.3 is 10.0 Å². The van der Waals surface area contributed by atoms with E-state index in [1.165, 1.54) is 4.90 Å². The van der Waals surface area contributed by atoms with Crippen LogP contribution in [0.25, 0.3) is 0 Å². The average Bonchev–Trinajstić information content (AvgIpc) is 2.63. The highest BCUT2D eigenvalue weighted by atomic mass is 16.4. The van der Waals surface area contributed by atoms with Crippen molar-refractivity contribution in [2.75, 3.05) is 13.1 Å². The molecule has 0 saturated carbocycles. The molecule has 0 spiro atoms. The Bertz CT molecular complexity index is 318. The van der Waals surface area contributed by atoms with Crippen LogP contribution in [0.2, 0.25) is 0 Å². The second-order valence-electron chi connectivity index (χ2n) is 3.96. The van der Waals surface area contributed by atoms with Crippen LogP contribution in [0.3, 0.4) is 0 Å². The first-order valence-corrected chi connectivity index (χ1v) is 5.04. The lowest BCUT2D eigenvalue weighted by Gasteiger charge is -2.23. The number of aliphatic carboxylic acids is 1. The molecule has 4 heteroatoms. The predicted molar refractivity (Wildman–Crippen MR) is 55.0 cm³/mol. The fraction of sp³-hybridized carbons (Fsp3) is 0.636. The number of carboxylic acid groups (broad SMARTS) is 1. The standard InChI is InChI=1S/C11H15NO3/c1-3-5-11(10(14)15)6-7-12(8-11)9(13)4-2/h2H,3,5-8H2,1H3,(H,14,15). The first kappa shape index (κ1) is 11.6. The molecule has 0 aromatic carbocycles. The molecule has 1 saturated heterocycles. The third-order valence-electron chi connectivity index (χ3n) is 2.95. The quantitative estimate of drug-likeness (QED) is 0.697. The number of nitrogens with zero attached hydrogens (tertiary/aromatic N) is 1. The van der Waals surface area contributed by atoms with E-state index < -0.39 is 17.3 Å². The molecule has 1 fully saturated rings. The summed E-state index contributed by atoms with van der Waals surface area (Å²) in [6.45, 7) is 2.64. The number of amides is 1. The first-order chi connectivity index (χ1) is 7.05. The average molecular weight is 209 g/mol. The van der Waals surface area contributed by atoms with Gasteiger partial charge in [0.25, 0.3) is 5.91 Å². The molecular weight excluding hydrogens is 194 g/mol. The van der Waals surface area contributed by atoms with Crippen molar-refractivity contribution >= 4 is 11.9 Å². The fourth-order valence-electron chi connectivity index (χ4n) is 2.10. The third kappa shape index (κ3) is 2.12. The number of carbonyl (C=O) groups excluding carboxylic acids is 1. The summed E-state index contributed by atoms with van der Waals surface area (Å²) in [5.74, 6) is 0.789. The Morgan fingerprint density at radius 2 is 2.27 bits per heavy atom. The van der Waals surface area contributed by atoms with Crippen molar-refractivity contribution in [2.45, 2.75) is 26.2 Å². The first-order valence-electron chi connectivity index (χ1n) is 5.04. The lowest BCUT2D eigenvalue weighted by atomic mass is 9.83. The summed E-state index contributed by atoms with van der Waals surface area (Å²) in [5, 5.41) is 9.18. The Morgan fingerprint density at radius 3 is 2.73 bits per heavy atom. The molecule has 0 aliphatic carbocycles.